The maximum atomic E-state index is 12.9. The first-order valence-electron chi connectivity index (χ1n) is 35.0. The molecule has 0 aromatic carbocycles. The van der Waals surface area contributed by atoms with E-state index in [-0.39, 0.29) is 31.1 Å². The Balaban J connectivity index is 4.25. The molecule has 0 fully saturated rings. The highest BCUT2D eigenvalue weighted by atomic mass is 16.6. The summed E-state index contributed by atoms with van der Waals surface area (Å²) < 4.78 is 17.0. The van der Waals surface area contributed by atoms with E-state index in [1.54, 1.807) is 0 Å². The lowest BCUT2D eigenvalue weighted by Crippen LogP contribution is -2.30. The fraction of sp³-hybridized carbons (Fsp3) is 0.957. The van der Waals surface area contributed by atoms with Crippen molar-refractivity contribution in [2.24, 2.45) is 0 Å². The Morgan fingerprint density at radius 1 is 0.211 bits per heavy atom. The van der Waals surface area contributed by atoms with Gasteiger partial charge in [0.2, 0.25) is 0 Å². The fourth-order valence-corrected chi connectivity index (χ4v) is 11.1. The highest BCUT2D eigenvalue weighted by Crippen LogP contribution is 2.19. The van der Waals surface area contributed by atoms with Crippen LogP contribution in [0, 0.1) is 0 Å². The maximum Gasteiger partial charge on any atom is 0.306 e. The van der Waals surface area contributed by atoms with Gasteiger partial charge < -0.3 is 14.2 Å². The van der Waals surface area contributed by atoms with Crippen LogP contribution in [0.25, 0.3) is 0 Å². The van der Waals surface area contributed by atoms with Gasteiger partial charge >= 0.3 is 17.9 Å². The number of esters is 3. The van der Waals surface area contributed by atoms with Crippen LogP contribution < -0.4 is 0 Å². The number of ether oxygens (including phenoxy) is 3. The van der Waals surface area contributed by atoms with Crippen molar-refractivity contribution in [1.29, 1.82) is 0 Å². The van der Waals surface area contributed by atoms with Crippen LogP contribution in [-0.2, 0) is 28.6 Å². The van der Waals surface area contributed by atoms with Crippen molar-refractivity contribution in [1.82, 2.24) is 0 Å². The van der Waals surface area contributed by atoms with Gasteiger partial charge in [-0.25, -0.2) is 0 Å². The molecule has 0 heterocycles. The average molecular weight is 1070 g/mol. The van der Waals surface area contributed by atoms with Gasteiger partial charge in [0.05, 0.1) is 0 Å². The molecular formula is C70H136O6. The lowest BCUT2D eigenvalue weighted by Gasteiger charge is -2.18. The topological polar surface area (TPSA) is 78.9 Å². The third-order valence-corrected chi connectivity index (χ3v) is 16.4. The first kappa shape index (κ1) is 74.4. The number of carbonyl (C=O) groups excluding carboxylic acids is 3. The molecule has 6 nitrogen and oxygen atoms in total. The van der Waals surface area contributed by atoms with Gasteiger partial charge in [-0.1, -0.05) is 374 Å². The normalized spacial score (nSPS) is 11.9. The first-order valence-corrected chi connectivity index (χ1v) is 35.0. The summed E-state index contributed by atoms with van der Waals surface area (Å²) >= 11 is 0. The Morgan fingerprint density at radius 2 is 0.355 bits per heavy atom. The summed E-state index contributed by atoms with van der Waals surface area (Å²) in [5.74, 6) is -0.818. The molecule has 0 N–H and O–H groups in total. The largest absolute Gasteiger partial charge is 0.462 e. The minimum Gasteiger partial charge on any atom is -0.462 e. The number of hydrogen-bond acceptors (Lipinski definition) is 6. The number of carbonyl (C=O) groups is 3. The molecule has 452 valence electrons. The molecule has 0 aromatic heterocycles. The van der Waals surface area contributed by atoms with Gasteiger partial charge in [0, 0.05) is 19.3 Å². The summed E-state index contributed by atoms with van der Waals surface area (Å²) in [6.45, 7) is 6.75. The smallest absolute Gasteiger partial charge is 0.306 e. The van der Waals surface area contributed by atoms with E-state index in [4.69, 9.17) is 14.2 Å². The van der Waals surface area contributed by atoms with Crippen molar-refractivity contribution >= 4 is 17.9 Å². The summed E-state index contributed by atoms with van der Waals surface area (Å²) in [6.07, 6.45) is 76.9. The van der Waals surface area contributed by atoms with Crippen LogP contribution in [0.15, 0.2) is 0 Å². The van der Waals surface area contributed by atoms with E-state index < -0.39 is 6.10 Å². The molecule has 0 aliphatic rings. The SMILES string of the molecule is CCCCCCCCCCCCCCCCCCCCCCCCC(=O)OCC(COC(=O)CCCCCCCCCCCCCCCCCCCC)OC(=O)CCCCCCCCCCCCCCCCCCCC. The van der Waals surface area contributed by atoms with Crippen molar-refractivity contribution in [3.63, 3.8) is 0 Å². The molecule has 0 spiro atoms. The van der Waals surface area contributed by atoms with E-state index >= 15 is 0 Å². The molecule has 0 rings (SSSR count). The van der Waals surface area contributed by atoms with Gasteiger partial charge in [0.15, 0.2) is 6.10 Å². The van der Waals surface area contributed by atoms with Crippen LogP contribution in [0.5, 0.6) is 0 Å². The molecule has 0 radical (unpaired) electrons. The standard InChI is InChI=1S/C70H136O6/c1-4-7-10-13-16-19-22-25-28-31-34-35-36-37-40-42-45-48-51-54-57-60-63-69(72)75-66-67(76-70(73)64-61-58-55-52-49-46-43-39-33-30-27-24-21-18-15-12-9-6-3)65-74-68(71)62-59-56-53-50-47-44-41-38-32-29-26-23-20-17-14-11-8-5-2/h67H,4-66H2,1-3H3. The van der Waals surface area contributed by atoms with Crippen LogP contribution in [0.1, 0.15) is 412 Å². The fourth-order valence-electron chi connectivity index (χ4n) is 11.1. The van der Waals surface area contributed by atoms with Crippen LogP contribution in [0.3, 0.4) is 0 Å². The summed E-state index contributed by atoms with van der Waals surface area (Å²) in [4.78, 5) is 38.4. The Hall–Kier alpha value is -1.59. The molecule has 0 saturated heterocycles. The summed E-state index contributed by atoms with van der Waals surface area (Å²) in [7, 11) is 0. The van der Waals surface area contributed by atoms with Crippen molar-refractivity contribution in [2.45, 2.75) is 419 Å². The Bertz CT molecular complexity index is 1140. The zero-order valence-electron chi connectivity index (χ0n) is 52.1. The molecule has 0 aromatic rings. The zero-order valence-corrected chi connectivity index (χ0v) is 52.1. The predicted octanol–water partition coefficient (Wildman–Crippen LogP) is 23.8. The van der Waals surface area contributed by atoms with Crippen molar-refractivity contribution in [3.05, 3.63) is 0 Å². The average Bonchev–Trinajstić information content (AvgIpc) is 3.42. The van der Waals surface area contributed by atoms with Gasteiger partial charge in [-0.2, -0.15) is 0 Å². The zero-order chi connectivity index (χ0) is 55.0. The first-order chi connectivity index (χ1) is 37.5. The highest BCUT2D eigenvalue weighted by Gasteiger charge is 2.19. The summed E-state index contributed by atoms with van der Waals surface area (Å²) in [5.41, 5.74) is 0. The number of unbranched alkanes of at least 4 members (excludes halogenated alkanes) is 55. The van der Waals surface area contributed by atoms with Gasteiger partial charge in [0.1, 0.15) is 13.2 Å². The second-order valence-electron chi connectivity index (χ2n) is 24.2. The molecule has 1 unspecified atom stereocenters. The molecule has 76 heavy (non-hydrogen) atoms. The van der Waals surface area contributed by atoms with Gasteiger partial charge in [-0.3, -0.25) is 14.4 Å². The number of rotatable bonds is 66. The summed E-state index contributed by atoms with van der Waals surface area (Å²) in [6, 6.07) is 0. The van der Waals surface area contributed by atoms with Gasteiger partial charge in [0.25, 0.3) is 0 Å². The van der Waals surface area contributed by atoms with E-state index in [9.17, 15) is 14.4 Å². The Kier molecular flexibility index (Phi) is 64.5. The molecular weight excluding hydrogens is 937 g/mol. The summed E-state index contributed by atoms with van der Waals surface area (Å²) in [5, 5.41) is 0. The van der Waals surface area contributed by atoms with Crippen molar-refractivity contribution in [3.8, 4) is 0 Å². The van der Waals surface area contributed by atoms with Crippen LogP contribution in [0.2, 0.25) is 0 Å². The van der Waals surface area contributed by atoms with Crippen LogP contribution in [-0.4, -0.2) is 37.2 Å². The number of hydrogen-bond donors (Lipinski definition) is 0. The molecule has 0 bridgehead atoms. The Morgan fingerprint density at radius 3 is 0.526 bits per heavy atom. The lowest BCUT2D eigenvalue weighted by atomic mass is 10.0. The predicted molar refractivity (Wildman–Crippen MR) is 330 cm³/mol. The van der Waals surface area contributed by atoms with Crippen molar-refractivity contribution < 1.29 is 28.6 Å². The molecule has 1 atom stereocenters. The molecule has 0 aliphatic carbocycles. The molecule has 0 saturated carbocycles. The minimum atomic E-state index is -0.763. The van der Waals surface area contributed by atoms with Crippen LogP contribution >= 0.6 is 0 Å². The quantitative estimate of drug-likeness (QED) is 0.0343. The molecule has 6 heteroatoms. The van der Waals surface area contributed by atoms with Crippen LogP contribution in [0.4, 0.5) is 0 Å². The van der Waals surface area contributed by atoms with E-state index in [0.717, 1.165) is 57.8 Å². The maximum absolute atomic E-state index is 12.9. The van der Waals surface area contributed by atoms with E-state index in [1.165, 1.54) is 315 Å². The second kappa shape index (κ2) is 65.9. The van der Waals surface area contributed by atoms with Crippen molar-refractivity contribution in [2.75, 3.05) is 13.2 Å². The van der Waals surface area contributed by atoms with E-state index in [0.29, 0.717) is 19.3 Å². The van der Waals surface area contributed by atoms with Gasteiger partial charge in [-0.15, -0.1) is 0 Å². The third-order valence-electron chi connectivity index (χ3n) is 16.4. The van der Waals surface area contributed by atoms with Gasteiger partial charge in [-0.05, 0) is 19.3 Å². The highest BCUT2D eigenvalue weighted by molar-refractivity contribution is 5.71. The minimum absolute atomic E-state index is 0.0600. The third kappa shape index (κ3) is 63.2. The van der Waals surface area contributed by atoms with E-state index in [1.807, 2.05) is 0 Å². The monoisotopic (exact) mass is 1070 g/mol. The molecule has 0 amide bonds. The van der Waals surface area contributed by atoms with E-state index in [2.05, 4.69) is 20.8 Å². The Labute approximate surface area is 476 Å². The lowest BCUT2D eigenvalue weighted by molar-refractivity contribution is -0.167. The molecule has 0 aliphatic heterocycles. The second-order valence-corrected chi connectivity index (χ2v) is 24.2.